The van der Waals surface area contributed by atoms with Crippen molar-refractivity contribution in [1.29, 1.82) is 0 Å². The van der Waals surface area contributed by atoms with Crippen LogP contribution in [0.1, 0.15) is 31.1 Å². The zero-order valence-electron chi connectivity index (χ0n) is 56.4. The number of aromatic nitrogens is 18. The number of carbonyl (C=O) groups is 4. The first-order chi connectivity index (χ1) is 51.8. The number of halogens is 12. The number of hydrogen-bond acceptors (Lipinski definition) is 31. The number of nitrogens with one attached hydrogen (secondary N) is 1. The van der Waals surface area contributed by atoms with Crippen molar-refractivity contribution >= 4 is 190 Å². The molecule has 0 spiro atoms. The van der Waals surface area contributed by atoms with Crippen LogP contribution in [0.25, 0.3) is 44.1 Å². The first kappa shape index (κ1) is 82.9. The summed E-state index contributed by atoms with van der Waals surface area (Å²) in [6.45, 7) is 8.41. The Labute approximate surface area is 647 Å². The molecule has 574 valence electrons. The summed E-state index contributed by atoms with van der Waals surface area (Å²) < 4.78 is 81.9. The van der Waals surface area contributed by atoms with Gasteiger partial charge in [-0.05, 0) is 46.4 Å². The summed E-state index contributed by atoms with van der Waals surface area (Å²) in [4.78, 5) is 96.6. The number of fused-ring (bicyclic) bond motifs is 6. The number of allylic oxidation sites excluding steroid dienone is 4. The largest absolute Gasteiger partial charge is 0.464 e. The Balaban J connectivity index is 0.000000161. The van der Waals surface area contributed by atoms with Gasteiger partial charge in [-0.2, -0.15) is 50.3 Å². The van der Waals surface area contributed by atoms with Crippen LogP contribution in [0, 0.1) is 0 Å². The Kier molecular flexibility index (Phi) is 30.2. The fraction of sp³-hybridized carbons (Fsp3) is 0.377. The van der Waals surface area contributed by atoms with Gasteiger partial charge < -0.3 is 34.1 Å². The lowest BCUT2D eigenvalue weighted by molar-refractivity contribution is -0.142. The van der Waals surface area contributed by atoms with E-state index in [1.807, 2.05) is 17.1 Å². The van der Waals surface area contributed by atoms with Crippen LogP contribution in [0.15, 0.2) is 83.4 Å². The number of nitrogens with two attached hydrogens (primary N) is 1. The van der Waals surface area contributed by atoms with E-state index in [2.05, 4.69) is 75.7 Å². The Morgan fingerprint density at radius 1 is 0.528 bits per heavy atom. The smallest absolute Gasteiger partial charge is 0.302 e. The monoisotopic (exact) mass is 1660 g/mol. The Hall–Kier alpha value is -9.10. The number of aliphatic hydroxyl groups is 2. The molecule has 9 aromatic rings. The molecule has 1 saturated heterocycles. The van der Waals surface area contributed by atoms with Crippen molar-refractivity contribution in [3.05, 3.63) is 121 Å². The molecule has 12 heterocycles. The fourth-order valence-corrected chi connectivity index (χ4v) is 12.2. The third-order valence-electron chi connectivity index (χ3n) is 15.0. The number of ether oxygens (including phenoxy) is 4. The minimum atomic E-state index is -2.78. The molecular weight excluding hydrogens is 1600 g/mol. The van der Waals surface area contributed by atoms with Crippen molar-refractivity contribution in [2.24, 2.45) is 15.8 Å². The van der Waals surface area contributed by atoms with E-state index in [9.17, 15) is 36.7 Å². The van der Waals surface area contributed by atoms with Gasteiger partial charge in [0.2, 0.25) is 27.1 Å². The number of nitrogens with zero attached hydrogens (tertiary/aromatic N) is 23. The third kappa shape index (κ3) is 21.0. The summed E-state index contributed by atoms with van der Waals surface area (Å²) in [5.74, 6) is 3.81. The van der Waals surface area contributed by atoms with E-state index in [1.165, 1.54) is 46.1 Å². The zero-order chi connectivity index (χ0) is 77.9. The fourth-order valence-electron chi connectivity index (χ4n) is 10.5. The first-order valence-corrected chi connectivity index (χ1v) is 34.8. The lowest BCUT2D eigenvalue weighted by Crippen LogP contribution is -2.42. The van der Waals surface area contributed by atoms with E-state index in [-0.39, 0.29) is 117 Å². The van der Waals surface area contributed by atoms with Gasteiger partial charge >= 0.3 is 17.9 Å². The van der Waals surface area contributed by atoms with Crippen LogP contribution in [0.3, 0.4) is 0 Å². The van der Waals surface area contributed by atoms with Crippen LogP contribution in [-0.2, 0) is 59.5 Å². The SMILES string of the molecule is CC(=O)OCCn1ncc2c(Cl)nc(Cl)nc21.CC(=O)OCCn1ncc2c(N3C(C(F)F)=NC4C=CC=CC43)nc(Cl)nc21.CC(=O)OCCn1ncc2c(N3C(C(F)F)=NC4C=CC=CC43)nc(N3CCOCC3)nc21.NNCCO.O=Cc1c(Cl)nc(Cl)nc1Cl.OCCn1ncc2c(Cl)nc(Cl)nc21. The van der Waals surface area contributed by atoms with Crippen LogP contribution in [-0.4, -0.2) is 238 Å². The maximum Gasteiger partial charge on any atom is 0.302 e. The molecular formula is C61H61Cl8F4N25O10. The number of aldehydes is 1. The van der Waals surface area contributed by atoms with Gasteiger partial charge in [0.15, 0.2) is 52.2 Å². The van der Waals surface area contributed by atoms with Crippen molar-refractivity contribution in [3.8, 4) is 0 Å². The molecule has 5 aliphatic rings. The Morgan fingerprint density at radius 3 is 1.29 bits per heavy atom. The number of aliphatic hydroxyl groups excluding tert-OH is 2. The predicted octanol–water partition coefficient (Wildman–Crippen LogP) is 7.48. The molecule has 2 aliphatic carbocycles. The number of hydrogen-bond donors (Lipinski definition) is 4. The molecule has 0 saturated carbocycles. The highest BCUT2D eigenvalue weighted by atomic mass is 35.5. The maximum absolute atomic E-state index is 14.1. The topological polar surface area (TPSA) is 418 Å². The van der Waals surface area contributed by atoms with E-state index in [0.29, 0.717) is 108 Å². The third-order valence-corrected chi connectivity index (χ3v) is 16.9. The summed E-state index contributed by atoms with van der Waals surface area (Å²) in [6, 6.07) is -1.71. The van der Waals surface area contributed by atoms with E-state index in [4.69, 9.17) is 138 Å². The van der Waals surface area contributed by atoms with Gasteiger partial charge in [0.25, 0.3) is 12.9 Å². The zero-order valence-corrected chi connectivity index (χ0v) is 62.5. The Bertz CT molecular complexity index is 4870. The highest BCUT2D eigenvalue weighted by Gasteiger charge is 2.43. The molecule has 0 bridgehead atoms. The van der Waals surface area contributed by atoms with Gasteiger partial charge in [-0.25, -0.2) is 56.2 Å². The second kappa shape index (κ2) is 39.3. The quantitative estimate of drug-likeness (QED) is 0.00890. The summed E-state index contributed by atoms with van der Waals surface area (Å²) >= 11 is 45.5. The number of esters is 3. The van der Waals surface area contributed by atoms with Crippen molar-refractivity contribution < 1.29 is 65.9 Å². The maximum atomic E-state index is 14.1. The number of morpholine rings is 1. The normalized spacial score (nSPS) is 16.7. The molecule has 35 nitrogen and oxygen atoms in total. The molecule has 5 N–H and O–H groups in total. The van der Waals surface area contributed by atoms with Gasteiger partial charge in [-0.15, -0.1) is 0 Å². The average molecular weight is 1660 g/mol. The van der Waals surface area contributed by atoms with Crippen molar-refractivity contribution in [1.82, 2.24) is 94.4 Å². The molecule has 4 atom stereocenters. The average Bonchev–Trinajstić information content (AvgIpc) is 1.59. The minimum Gasteiger partial charge on any atom is -0.464 e. The molecule has 47 heteroatoms. The molecule has 0 amide bonds. The van der Waals surface area contributed by atoms with Crippen molar-refractivity contribution in [2.45, 2.75) is 84.0 Å². The second-order valence-electron chi connectivity index (χ2n) is 22.1. The van der Waals surface area contributed by atoms with Gasteiger partial charge in [0, 0.05) is 40.4 Å². The van der Waals surface area contributed by atoms with E-state index in [0.717, 1.165) is 0 Å². The van der Waals surface area contributed by atoms with Gasteiger partial charge in [0.1, 0.15) is 40.4 Å². The first-order valence-electron chi connectivity index (χ1n) is 31.8. The van der Waals surface area contributed by atoms with Crippen LogP contribution in [0.4, 0.5) is 35.1 Å². The molecule has 9 aromatic heterocycles. The predicted molar refractivity (Wildman–Crippen MR) is 392 cm³/mol. The van der Waals surface area contributed by atoms with Crippen LogP contribution >= 0.6 is 92.8 Å². The number of anilines is 3. The highest BCUT2D eigenvalue weighted by molar-refractivity contribution is 6.38. The lowest BCUT2D eigenvalue weighted by atomic mass is 10.0. The molecule has 3 aliphatic heterocycles. The summed E-state index contributed by atoms with van der Waals surface area (Å²) in [5.41, 5.74) is 4.20. The number of aliphatic imine (C=N–C) groups is 2. The lowest BCUT2D eigenvalue weighted by Gasteiger charge is -2.30. The van der Waals surface area contributed by atoms with E-state index < -0.39 is 49.0 Å². The van der Waals surface area contributed by atoms with Crippen molar-refractivity contribution in [3.63, 3.8) is 0 Å². The van der Waals surface area contributed by atoms with E-state index >= 15 is 0 Å². The van der Waals surface area contributed by atoms with Gasteiger partial charge in [0.05, 0.1) is 129 Å². The molecule has 0 radical (unpaired) electrons. The highest BCUT2D eigenvalue weighted by Crippen LogP contribution is 2.38. The molecule has 108 heavy (non-hydrogen) atoms. The standard InChI is InChI=1S/C21H23F2N7O3.C17H15ClF2N6O2.C9H8Cl2N4O2.C7H6Cl2N4O.C5HCl3N2O.C2H8N2O/c1-13(31)33-11-8-29-18-14(12-24-29)19(27-21(26-18)28-6-9-32-10-7-28)30-16-5-3-2-4-15(16)25-20(30)17(22)23;1-9(27)28-7-6-25-14-10(8-21-25)15(24-17(18)23-14)26-12-5-3-2-4-11(12)22-16(26)13(19)20;1-5(16)17-3-2-15-8-6(4-12-15)7(10)13-9(11)14-8;8-5-4-3-10-13(1-2-14)6(4)12-7(9)11-5;6-3-2(1-11)4(7)10-5(8)9-3;3-4-1-2-5/h2-5,12,15-17H,6-11H2,1H3;2-5,8,11-13H,6-7H2,1H3;4H,2-3H2,1H3;3,14H,1-2H2;1H;4-5H,1-3H2. The second-order valence-corrected chi connectivity index (χ2v) is 24.9. The molecule has 14 rings (SSSR count). The number of carbonyl (C=O) groups excluding carboxylic acids is 4. The molecule has 1 fully saturated rings. The number of rotatable bonds is 19. The summed E-state index contributed by atoms with van der Waals surface area (Å²) in [5, 5.41) is 35.9. The number of hydrazine groups is 1. The van der Waals surface area contributed by atoms with Gasteiger partial charge in [-0.3, -0.25) is 50.2 Å². The molecule has 4 unspecified atom stereocenters. The summed E-state index contributed by atoms with van der Waals surface area (Å²) in [6.07, 6.45) is 15.4. The van der Waals surface area contributed by atoms with Crippen molar-refractivity contribution in [2.75, 3.05) is 80.6 Å². The summed E-state index contributed by atoms with van der Waals surface area (Å²) in [7, 11) is 0. The molecule has 0 aromatic carbocycles. The Morgan fingerprint density at radius 2 is 0.898 bits per heavy atom. The minimum absolute atomic E-state index is 0.0178. The van der Waals surface area contributed by atoms with E-state index in [1.54, 1.807) is 64.4 Å². The number of alkyl halides is 4. The van der Waals surface area contributed by atoms with Gasteiger partial charge in [-0.1, -0.05) is 95.0 Å². The number of amidine groups is 2. The van der Waals surface area contributed by atoms with Crippen LogP contribution < -0.4 is 26.0 Å². The van der Waals surface area contributed by atoms with Crippen LogP contribution in [0.5, 0.6) is 0 Å². The van der Waals surface area contributed by atoms with Crippen LogP contribution in [0.2, 0.25) is 41.7 Å².